The van der Waals surface area contributed by atoms with Gasteiger partial charge in [0.25, 0.3) is 5.91 Å². The minimum atomic E-state index is -0.117. The number of para-hydroxylation sites is 2. The molecule has 292 valence electrons. The van der Waals surface area contributed by atoms with Crippen molar-refractivity contribution in [3.63, 3.8) is 0 Å². The first-order valence-corrected chi connectivity index (χ1v) is 20.1. The van der Waals surface area contributed by atoms with E-state index in [1.807, 2.05) is 113 Å². The molecule has 1 aromatic heterocycles. The van der Waals surface area contributed by atoms with Gasteiger partial charge in [-0.15, -0.1) is 0 Å². The maximum absolute atomic E-state index is 13.8. The van der Waals surface area contributed by atoms with Crippen LogP contribution in [0.2, 0.25) is 0 Å². The Hall–Kier alpha value is -6.23. The molecular weight excluding hydrogens is 715 g/mol. The van der Waals surface area contributed by atoms with Gasteiger partial charge in [-0.2, -0.15) is 0 Å². The van der Waals surface area contributed by atoms with Gasteiger partial charge in [-0.05, 0) is 98.5 Å². The van der Waals surface area contributed by atoms with Crippen molar-refractivity contribution in [2.45, 2.75) is 90.6 Å². The predicted molar refractivity (Wildman–Crippen MR) is 223 cm³/mol. The van der Waals surface area contributed by atoms with Crippen molar-refractivity contribution in [1.82, 2.24) is 14.5 Å². The van der Waals surface area contributed by atoms with E-state index in [4.69, 9.17) is 0 Å². The molecule has 4 heterocycles. The Kier molecular flexibility index (Phi) is 10.4. The SMILES string of the molecule is CCC(=O)N1c2ccccc2[C@H](Nc2ccc(C(=O)c3cnc4n3CCN(C(=O)c3ccc(N[C@@H]5C[C@H](C)N(C(=O)CC)c6ccccc65)cc3)C4)cc2)C[C@@H]1C. The van der Waals surface area contributed by atoms with Crippen molar-refractivity contribution in [3.8, 4) is 0 Å². The molecule has 4 atom stereocenters. The summed E-state index contributed by atoms with van der Waals surface area (Å²) in [7, 11) is 0. The molecular formula is C46H49N7O4. The summed E-state index contributed by atoms with van der Waals surface area (Å²) in [5.74, 6) is 0.713. The topological polar surface area (TPSA) is 120 Å². The fourth-order valence-corrected chi connectivity index (χ4v) is 8.77. The fourth-order valence-electron chi connectivity index (χ4n) is 8.77. The summed E-state index contributed by atoms with van der Waals surface area (Å²) >= 11 is 0. The summed E-state index contributed by atoms with van der Waals surface area (Å²) in [4.78, 5) is 63.1. The molecule has 11 nitrogen and oxygen atoms in total. The van der Waals surface area contributed by atoms with Gasteiger partial charge in [-0.25, -0.2) is 4.98 Å². The number of benzene rings is 4. The molecule has 3 amide bonds. The first-order valence-electron chi connectivity index (χ1n) is 20.1. The maximum Gasteiger partial charge on any atom is 0.254 e. The van der Waals surface area contributed by atoms with Gasteiger partial charge in [0.2, 0.25) is 17.6 Å². The molecule has 0 saturated carbocycles. The third-order valence-corrected chi connectivity index (χ3v) is 11.7. The molecule has 4 aromatic carbocycles. The minimum Gasteiger partial charge on any atom is -0.378 e. The standard InChI is InChI=1S/C46H49N7O4/c1-5-43(54)52-29(3)25-37(35-11-7-9-13-39(35)52)48-33-19-15-31(16-20-33)45(56)41-27-47-42-28-50(23-24-51(41)42)46(57)32-17-21-34(22-18-32)49-38-26-30(4)53(44(55)6-2)40-14-10-8-12-36(38)40/h7-22,27,29-30,37-38,48-49H,5-6,23-26,28H2,1-4H3/t29-,30-,37+,38+/m0/s1. The van der Waals surface area contributed by atoms with Crippen LogP contribution in [0.5, 0.6) is 0 Å². The largest absolute Gasteiger partial charge is 0.378 e. The highest BCUT2D eigenvalue weighted by Crippen LogP contribution is 2.41. The summed E-state index contributed by atoms with van der Waals surface area (Å²) in [6.45, 7) is 9.19. The molecule has 8 rings (SSSR count). The van der Waals surface area contributed by atoms with Crippen LogP contribution < -0.4 is 20.4 Å². The van der Waals surface area contributed by atoms with Crippen molar-refractivity contribution in [3.05, 3.63) is 137 Å². The number of nitrogens with one attached hydrogen (secondary N) is 2. The molecule has 0 saturated heterocycles. The Morgan fingerprint density at radius 3 is 1.65 bits per heavy atom. The summed E-state index contributed by atoms with van der Waals surface area (Å²) < 4.78 is 1.92. The molecule has 57 heavy (non-hydrogen) atoms. The van der Waals surface area contributed by atoms with E-state index in [0.717, 1.165) is 46.7 Å². The number of amides is 3. The zero-order chi connectivity index (χ0) is 39.8. The quantitative estimate of drug-likeness (QED) is 0.146. The van der Waals surface area contributed by atoms with Gasteiger partial charge in [0.1, 0.15) is 11.5 Å². The Labute approximate surface area is 333 Å². The average Bonchev–Trinajstić information content (AvgIpc) is 3.67. The van der Waals surface area contributed by atoms with Gasteiger partial charge >= 0.3 is 0 Å². The van der Waals surface area contributed by atoms with Gasteiger partial charge in [0.05, 0.1) is 24.8 Å². The number of fused-ring (bicyclic) bond motifs is 3. The van der Waals surface area contributed by atoms with Crippen LogP contribution in [-0.2, 0) is 22.7 Å². The first-order chi connectivity index (χ1) is 27.6. The lowest BCUT2D eigenvalue weighted by molar-refractivity contribution is -0.119. The van der Waals surface area contributed by atoms with Crippen LogP contribution in [0.1, 0.15) is 109 Å². The van der Waals surface area contributed by atoms with Crippen molar-refractivity contribution in [2.75, 3.05) is 27.0 Å². The molecule has 0 unspecified atom stereocenters. The van der Waals surface area contributed by atoms with E-state index in [9.17, 15) is 19.2 Å². The van der Waals surface area contributed by atoms with Crippen LogP contribution in [0.4, 0.5) is 22.7 Å². The van der Waals surface area contributed by atoms with E-state index in [2.05, 4.69) is 41.6 Å². The van der Waals surface area contributed by atoms with Gasteiger partial charge in [-0.1, -0.05) is 50.2 Å². The summed E-state index contributed by atoms with van der Waals surface area (Å²) in [6, 6.07) is 31.4. The number of nitrogens with zero attached hydrogens (tertiary/aromatic N) is 5. The second kappa shape index (κ2) is 15.7. The molecule has 3 aliphatic heterocycles. The lowest BCUT2D eigenvalue weighted by Gasteiger charge is -2.40. The maximum atomic E-state index is 13.8. The summed E-state index contributed by atoms with van der Waals surface area (Å²) in [6.07, 6.45) is 4.07. The Morgan fingerprint density at radius 2 is 1.14 bits per heavy atom. The monoisotopic (exact) mass is 763 g/mol. The van der Waals surface area contributed by atoms with Gasteiger partial charge in [0, 0.05) is 71.9 Å². The second-order valence-corrected chi connectivity index (χ2v) is 15.3. The van der Waals surface area contributed by atoms with Crippen molar-refractivity contribution < 1.29 is 19.2 Å². The number of aromatic nitrogens is 2. The van der Waals surface area contributed by atoms with Gasteiger partial charge < -0.3 is 29.9 Å². The van der Waals surface area contributed by atoms with E-state index in [-0.39, 0.29) is 47.7 Å². The lowest BCUT2D eigenvalue weighted by Crippen LogP contribution is -2.44. The number of carbonyl (C=O) groups excluding carboxylic acids is 4. The molecule has 2 N–H and O–H groups in total. The van der Waals surface area contributed by atoms with E-state index in [0.29, 0.717) is 55.1 Å². The van der Waals surface area contributed by atoms with Crippen LogP contribution in [0, 0.1) is 0 Å². The summed E-state index contributed by atoms with van der Waals surface area (Å²) in [5, 5.41) is 7.28. The number of imidazole rings is 1. The van der Waals surface area contributed by atoms with E-state index in [1.54, 1.807) is 11.1 Å². The Balaban J connectivity index is 0.900. The number of hydrogen-bond donors (Lipinski definition) is 2. The van der Waals surface area contributed by atoms with Crippen LogP contribution in [-0.4, -0.2) is 56.6 Å². The van der Waals surface area contributed by atoms with Crippen LogP contribution in [0.15, 0.2) is 103 Å². The minimum absolute atomic E-state index is 0.0236. The van der Waals surface area contributed by atoms with Crippen LogP contribution in [0.3, 0.4) is 0 Å². The molecule has 0 spiro atoms. The number of hydrogen-bond acceptors (Lipinski definition) is 7. The van der Waals surface area contributed by atoms with Crippen molar-refractivity contribution in [1.29, 1.82) is 0 Å². The molecule has 3 aliphatic rings. The van der Waals surface area contributed by atoms with Gasteiger partial charge in [0.15, 0.2) is 0 Å². The third-order valence-electron chi connectivity index (χ3n) is 11.7. The number of rotatable bonds is 9. The Morgan fingerprint density at radius 1 is 0.649 bits per heavy atom. The lowest BCUT2D eigenvalue weighted by atomic mass is 9.91. The van der Waals surface area contributed by atoms with Crippen molar-refractivity contribution in [2.24, 2.45) is 0 Å². The van der Waals surface area contributed by atoms with Crippen LogP contribution >= 0.6 is 0 Å². The highest BCUT2D eigenvalue weighted by Gasteiger charge is 2.35. The Bertz CT molecular complexity index is 2320. The number of carbonyl (C=O) groups is 4. The smallest absolute Gasteiger partial charge is 0.254 e. The van der Waals surface area contributed by atoms with Gasteiger partial charge in [-0.3, -0.25) is 19.2 Å². The normalized spacial score (nSPS) is 19.9. The zero-order valence-corrected chi connectivity index (χ0v) is 32.9. The highest BCUT2D eigenvalue weighted by molar-refractivity contribution is 6.08. The fraction of sp³-hybridized carbons (Fsp3) is 0.326. The predicted octanol–water partition coefficient (Wildman–Crippen LogP) is 8.15. The molecule has 11 heteroatoms. The zero-order valence-electron chi connectivity index (χ0n) is 32.9. The molecule has 0 radical (unpaired) electrons. The number of anilines is 4. The highest BCUT2D eigenvalue weighted by atomic mass is 16.2. The third kappa shape index (κ3) is 7.18. The summed E-state index contributed by atoms with van der Waals surface area (Å²) in [5.41, 5.74) is 7.51. The first kappa shape index (κ1) is 37.7. The van der Waals surface area contributed by atoms with E-state index >= 15 is 0 Å². The van der Waals surface area contributed by atoms with E-state index < -0.39 is 0 Å². The van der Waals surface area contributed by atoms with Crippen molar-refractivity contribution >= 4 is 46.3 Å². The van der Waals surface area contributed by atoms with Crippen LogP contribution in [0.25, 0.3) is 0 Å². The molecule has 5 aromatic rings. The molecule has 0 bridgehead atoms. The van der Waals surface area contributed by atoms with E-state index in [1.165, 1.54) is 0 Å². The second-order valence-electron chi connectivity index (χ2n) is 15.3. The molecule has 0 fully saturated rings. The molecule has 0 aliphatic carbocycles. The average molecular weight is 764 g/mol. The number of ketones is 1.